The first-order valence-electron chi connectivity index (χ1n) is 6.38. The van der Waals surface area contributed by atoms with Crippen LogP contribution in [0.5, 0.6) is 0 Å². The van der Waals surface area contributed by atoms with Gasteiger partial charge in [0.25, 0.3) is 0 Å². The number of nitrogens with two attached hydrogens (primary N) is 1. The topological polar surface area (TPSA) is 83.5 Å². The molecular formula is C14H18N4OS. The molecule has 0 aliphatic rings. The highest BCUT2D eigenvalue weighted by atomic mass is 32.1. The van der Waals surface area contributed by atoms with Crippen molar-refractivity contribution in [1.29, 1.82) is 0 Å². The van der Waals surface area contributed by atoms with Crippen molar-refractivity contribution < 1.29 is 5.21 Å². The van der Waals surface area contributed by atoms with Crippen molar-refractivity contribution in [2.75, 3.05) is 0 Å². The molecular weight excluding hydrogens is 272 g/mol. The number of hydrogen-bond acceptors (Lipinski definition) is 5. The van der Waals surface area contributed by atoms with Gasteiger partial charge < -0.3 is 16.3 Å². The summed E-state index contributed by atoms with van der Waals surface area (Å²) in [5.41, 5.74) is 7.06. The summed E-state index contributed by atoms with van der Waals surface area (Å²) in [6.45, 7) is 2.77. The highest BCUT2D eigenvalue weighted by Crippen LogP contribution is 2.12. The van der Waals surface area contributed by atoms with Crippen LogP contribution < -0.4 is 11.1 Å². The highest BCUT2D eigenvalue weighted by Gasteiger charge is 2.10. The normalized spacial score (nSPS) is 13.3. The molecule has 20 heavy (non-hydrogen) atoms. The van der Waals surface area contributed by atoms with E-state index in [2.05, 4.69) is 39.9 Å². The van der Waals surface area contributed by atoms with Crippen molar-refractivity contribution in [3.63, 3.8) is 0 Å². The molecule has 2 rings (SSSR count). The monoisotopic (exact) mass is 290 g/mol. The molecule has 0 amide bonds. The van der Waals surface area contributed by atoms with Crippen LogP contribution in [0.25, 0.3) is 0 Å². The van der Waals surface area contributed by atoms with Crippen molar-refractivity contribution in [2.24, 2.45) is 10.9 Å². The zero-order valence-corrected chi connectivity index (χ0v) is 12.1. The average Bonchev–Trinajstić information content (AvgIpc) is 2.97. The van der Waals surface area contributed by atoms with Gasteiger partial charge >= 0.3 is 0 Å². The Balaban J connectivity index is 1.97. The van der Waals surface area contributed by atoms with E-state index in [4.69, 9.17) is 10.9 Å². The van der Waals surface area contributed by atoms with Crippen molar-refractivity contribution in [1.82, 2.24) is 10.3 Å². The van der Waals surface area contributed by atoms with Gasteiger partial charge in [-0.15, -0.1) is 11.3 Å². The minimum absolute atomic E-state index is 0.0355. The van der Waals surface area contributed by atoms with E-state index < -0.39 is 0 Å². The predicted octanol–water partition coefficient (Wildman–Crippen LogP) is 1.96. The van der Waals surface area contributed by atoms with Crippen LogP contribution in [-0.4, -0.2) is 22.1 Å². The molecule has 2 heterocycles. The number of oxime groups is 1. The number of nitrogens with one attached hydrogen (secondary N) is 1. The average molecular weight is 290 g/mol. The molecule has 4 N–H and O–H groups in total. The second-order valence-electron chi connectivity index (χ2n) is 4.56. The van der Waals surface area contributed by atoms with Gasteiger partial charge in [0.1, 0.15) is 5.69 Å². The van der Waals surface area contributed by atoms with E-state index in [9.17, 15) is 0 Å². The quantitative estimate of drug-likeness (QED) is 0.329. The Labute approximate surface area is 122 Å². The predicted molar refractivity (Wildman–Crippen MR) is 81.1 cm³/mol. The van der Waals surface area contributed by atoms with Crippen LogP contribution in [0.2, 0.25) is 0 Å². The maximum atomic E-state index is 8.77. The Bertz CT molecular complexity index is 568. The SMILES string of the molecule is CC(Cc1cccs1)NCc1cccnc1C(N)=NO. The number of thiophene rings is 1. The fraction of sp³-hybridized carbons (Fsp3) is 0.286. The van der Waals surface area contributed by atoms with E-state index in [0.29, 0.717) is 18.3 Å². The Kier molecular flexibility index (Phi) is 5.09. The second-order valence-corrected chi connectivity index (χ2v) is 5.59. The van der Waals surface area contributed by atoms with Gasteiger partial charge in [0.05, 0.1) is 0 Å². The molecule has 0 aliphatic carbocycles. The molecule has 1 unspecified atom stereocenters. The zero-order valence-electron chi connectivity index (χ0n) is 11.3. The smallest absolute Gasteiger partial charge is 0.189 e. The van der Waals surface area contributed by atoms with Gasteiger partial charge in [-0.2, -0.15) is 0 Å². The first-order chi connectivity index (χ1) is 9.70. The second kappa shape index (κ2) is 7.02. The van der Waals surface area contributed by atoms with Crippen LogP contribution in [0.15, 0.2) is 41.0 Å². The molecule has 0 spiro atoms. The molecule has 0 aromatic carbocycles. The number of pyridine rings is 1. The van der Waals surface area contributed by atoms with Crippen molar-refractivity contribution in [3.05, 3.63) is 52.0 Å². The zero-order chi connectivity index (χ0) is 14.4. The minimum atomic E-state index is 0.0355. The van der Waals surface area contributed by atoms with E-state index in [1.165, 1.54) is 4.88 Å². The molecule has 0 fully saturated rings. The molecule has 6 heteroatoms. The van der Waals surface area contributed by atoms with E-state index in [-0.39, 0.29) is 5.84 Å². The van der Waals surface area contributed by atoms with E-state index in [1.807, 2.05) is 12.1 Å². The Morgan fingerprint density at radius 1 is 1.50 bits per heavy atom. The van der Waals surface area contributed by atoms with Crippen molar-refractivity contribution in [3.8, 4) is 0 Å². The summed E-state index contributed by atoms with van der Waals surface area (Å²) < 4.78 is 0. The van der Waals surface area contributed by atoms with Crippen molar-refractivity contribution >= 4 is 17.2 Å². The summed E-state index contributed by atoms with van der Waals surface area (Å²) in [5, 5.41) is 17.3. The van der Waals surface area contributed by atoms with Gasteiger partial charge in [-0.3, -0.25) is 4.98 Å². The summed E-state index contributed by atoms with van der Waals surface area (Å²) >= 11 is 1.76. The van der Waals surface area contributed by atoms with Gasteiger partial charge in [0.15, 0.2) is 5.84 Å². The lowest BCUT2D eigenvalue weighted by molar-refractivity contribution is 0.318. The fourth-order valence-electron chi connectivity index (χ4n) is 1.95. The van der Waals surface area contributed by atoms with Crippen LogP contribution in [0.1, 0.15) is 23.1 Å². The molecule has 2 aromatic heterocycles. The first kappa shape index (κ1) is 14.5. The summed E-state index contributed by atoms with van der Waals surface area (Å²) in [5.74, 6) is 0.0355. The Morgan fingerprint density at radius 3 is 3.05 bits per heavy atom. The van der Waals surface area contributed by atoms with Crippen molar-refractivity contribution in [2.45, 2.75) is 25.9 Å². The molecule has 106 valence electrons. The number of aromatic nitrogens is 1. The highest BCUT2D eigenvalue weighted by molar-refractivity contribution is 7.09. The molecule has 5 nitrogen and oxygen atoms in total. The minimum Gasteiger partial charge on any atom is -0.409 e. The lowest BCUT2D eigenvalue weighted by Gasteiger charge is -2.14. The lowest BCUT2D eigenvalue weighted by Crippen LogP contribution is -2.29. The summed E-state index contributed by atoms with van der Waals surface area (Å²) in [7, 11) is 0. The Morgan fingerprint density at radius 2 is 2.35 bits per heavy atom. The fourth-order valence-corrected chi connectivity index (χ4v) is 2.78. The van der Waals surface area contributed by atoms with Crippen LogP contribution in [-0.2, 0) is 13.0 Å². The third-order valence-corrected chi connectivity index (χ3v) is 3.87. The van der Waals surface area contributed by atoms with Crippen LogP contribution in [0, 0.1) is 0 Å². The summed E-state index contributed by atoms with van der Waals surface area (Å²) in [6, 6.07) is 8.30. The summed E-state index contributed by atoms with van der Waals surface area (Å²) in [6.07, 6.45) is 2.61. The maximum Gasteiger partial charge on any atom is 0.189 e. The molecule has 1 atom stereocenters. The maximum absolute atomic E-state index is 8.77. The number of amidine groups is 1. The number of rotatable bonds is 6. The molecule has 0 saturated carbocycles. The van der Waals surface area contributed by atoms with Gasteiger partial charge in [0, 0.05) is 23.7 Å². The third kappa shape index (κ3) is 3.79. The largest absolute Gasteiger partial charge is 0.409 e. The standard InChI is InChI=1S/C14H18N4OS/c1-10(8-12-5-3-7-20-12)17-9-11-4-2-6-16-13(11)14(15)18-19/h2-7,10,17,19H,8-9H2,1H3,(H2,15,18). The molecule has 0 saturated heterocycles. The number of hydrogen-bond donors (Lipinski definition) is 3. The van der Waals surface area contributed by atoms with E-state index >= 15 is 0 Å². The molecule has 0 bridgehead atoms. The van der Waals surface area contributed by atoms with Crippen LogP contribution >= 0.6 is 11.3 Å². The van der Waals surface area contributed by atoms with Gasteiger partial charge in [-0.25, -0.2) is 0 Å². The van der Waals surface area contributed by atoms with E-state index in [1.54, 1.807) is 17.5 Å². The van der Waals surface area contributed by atoms with Crippen LogP contribution in [0.3, 0.4) is 0 Å². The van der Waals surface area contributed by atoms with Gasteiger partial charge in [0.2, 0.25) is 0 Å². The summed E-state index contributed by atoms with van der Waals surface area (Å²) in [4.78, 5) is 5.50. The Hall–Kier alpha value is -1.92. The number of nitrogens with zero attached hydrogens (tertiary/aromatic N) is 2. The first-order valence-corrected chi connectivity index (χ1v) is 7.26. The lowest BCUT2D eigenvalue weighted by atomic mass is 10.1. The molecule has 0 radical (unpaired) electrons. The van der Waals surface area contributed by atoms with Gasteiger partial charge in [-0.1, -0.05) is 17.3 Å². The van der Waals surface area contributed by atoms with Gasteiger partial charge in [-0.05, 0) is 36.4 Å². The third-order valence-electron chi connectivity index (χ3n) is 2.97. The molecule has 0 aliphatic heterocycles. The van der Waals surface area contributed by atoms with E-state index in [0.717, 1.165) is 12.0 Å². The van der Waals surface area contributed by atoms with Crippen LogP contribution in [0.4, 0.5) is 0 Å². The molecule has 2 aromatic rings.